The van der Waals surface area contributed by atoms with Crippen LogP contribution in [0.2, 0.25) is 10.0 Å². The van der Waals surface area contributed by atoms with Gasteiger partial charge in [0.1, 0.15) is 18.2 Å². The fourth-order valence-corrected chi connectivity index (χ4v) is 2.22. The Kier molecular flexibility index (Phi) is 4.53. The minimum atomic E-state index is -0.00656. The van der Waals surface area contributed by atoms with Gasteiger partial charge in [-0.25, -0.2) is 0 Å². The van der Waals surface area contributed by atoms with Gasteiger partial charge in [-0.3, -0.25) is 5.41 Å². The number of aryl methyl sites for hydroxylation is 1. The van der Waals surface area contributed by atoms with Gasteiger partial charge in [-0.2, -0.15) is 0 Å². The summed E-state index contributed by atoms with van der Waals surface area (Å²) in [7, 11) is 0. The monoisotopic (exact) mass is 308 g/mol. The highest BCUT2D eigenvalue weighted by molar-refractivity contribution is 6.31. The predicted octanol–water partition coefficient (Wildman–Crippen LogP) is 4.16. The second-order valence-corrected chi connectivity index (χ2v) is 5.26. The van der Waals surface area contributed by atoms with Crippen LogP contribution in [-0.2, 0) is 6.61 Å². The molecule has 2 rings (SSSR count). The van der Waals surface area contributed by atoms with Crippen molar-refractivity contribution in [1.82, 2.24) is 0 Å². The highest BCUT2D eigenvalue weighted by Crippen LogP contribution is 2.24. The molecular formula is C15H14Cl2N2O. The van der Waals surface area contributed by atoms with Crippen LogP contribution < -0.4 is 10.5 Å². The van der Waals surface area contributed by atoms with E-state index in [2.05, 4.69) is 0 Å². The van der Waals surface area contributed by atoms with Crippen LogP contribution >= 0.6 is 23.2 Å². The molecule has 0 unspecified atom stereocenters. The van der Waals surface area contributed by atoms with Gasteiger partial charge in [-0.15, -0.1) is 0 Å². The van der Waals surface area contributed by atoms with E-state index in [1.807, 2.05) is 25.1 Å². The number of halogens is 2. The zero-order valence-electron chi connectivity index (χ0n) is 10.9. The molecule has 20 heavy (non-hydrogen) atoms. The van der Waals surface area contributed by atoms with E-state index < -0.39 is 0 Å². The third kappa shape index (κ3) is 3.44. The van der Waals surface area contributed by atoms with E-state index in [0.717, 1.165) is 16.9 Å². The van der Waals surface area contributed by atoms with Crippen LogP contribution in [0.1, 0.15) is 16.7 Å². The van der Waals surface area contributed by atoms with E-state index in [1.165, 1.54) is 0 Å². The molecule has 0 aromatic heterocycles. The van der Waals surface area contributed by atoms with Gasteiger partial charge >= 0.3 is 0 Å². The summed E-state index contributed by atoms with van der Waals surface area (Å²) in [5.74, 6) is 0.758. The molecule has 0 saturated heterocycles. The predicted molar refractivity (Wildman–Crippen MR) is 83.0 cm³/mol. The van der Waals surface area contributed by atoms with E-state index in [9.17, 15) is 0 Å². The lowest BCUT2D eigenvalue weighted by Crippen LogP contribution is -2.11. The first-order valence-corrected chi connectivity index (χ1v) is 6.74. The third-order valence-corrected chi connectivity index (χ3v) is 3.47. The van der Waals surface area contributed by atoms with Crippen LogP contribution in [-0.4, -0.2) is 5.84 Å². The van der Waals surface area contributed by atoms with Gasteiger partial charge in [0.2, 0.25) is 0 Å². The maximum absolute atomic E-state index is 7.36. The van der Waals surface area contributed by atoms with Gasteiger partial charge in [-0.05, 0) is 36.8 Å². The summed E-state index contributed by atoms with van der Waals surface area (Å²) < 4.78 is 5.73. The maximum Gasteiger partial charge on any atom is 0.122 e. The molecule has 0 heterocycles. The average molecular weight is 309 g/mol. The van der Waals surface area contributed by atoms with Crippen LogP contribution in [0.25, 0.3) is 0 Å². The second kappa shape index (κ2) is 6.16. The minimum Gasteiger partial charge on any atom is -0.489 e. The Labute approximate surface area is 127 Å². The molecule has 0 aliphatic carbocycles. The van der Waals surface area contributed by atoms with Crippen LogP contribution in [0.15, 0.2) is 36.4 Å². The zero-order valence-corrected chi connectivity index (χ0v) is 12.4. The van der Waals surface area contributed by atoms with Gasteiger partial charge < -0.3 is 10.5 Å². The smallest absolute Gasteiger partial charge is 0.122 e. The highest BCUT2D eigenvalue weighted by atomic mass is 35.5. The number of nitrogen functional groups attached to an aromatic ring is 1. The van der Waals surface area contributed by atoms with Crippen LogP contribution in [0.5, 0.6) is 5.75 Å². The number of rotatable bonds is 4. The molecule has 0 saturated carbocycles. The van der Waals surface area contributed by atoms with E-state index in [-0.39, 0.29) is 5.84 Å². The molecule has 2 aromatic rings. The normalized spacial score (nSPS) is 10.3. The summed E-state index contributed by atoms with van der Waals surface area (Å²) >= 11 is 12.0. The summed E-state index contributed by atoms with van der Waals surface area (Å²) in [5, 5.41) is 8.57. The molecule has 104 valence electrons. The van der Waals surface area contributed by atoms with Crippen molar-refractivity contribution in [3.8, 4) is 5.75 Å². The van der Waals surface area contributed by atoms with Gasteiger partial charge in [0.15, 0.2) is 0 Å². The van der Waals surface area contributed by atoms with Gasteiger partial charge in [-0.1, -0.05) is 35.3 Å². The molecule has 3 nitrogen and oxygen atoms in total. The molecular weight excluding hydrogens is 295 g/mol. The largest absolute Gasteiger partial charge is 0.489 e. The Morgan fingerprint density at radius 1 is 1.20 bits per heavy atom. The molecule has 3 N–H and O–H groups in total. The number of hydrogen-bond acceptors (Lipinski definition) is 2. The Hall–Kier alpha value is -1.71. The van der Waals surface area contributed by atoms with Crippen LogP contribution in [0.3, 0.4) is 0 Å². The highest BCUT2D eigenvalue weighted by Gasteiger charge is 2.06. The fourth-order valence-electron chi connectivity index (χ4n) is 1.76. The van der Waals surface area contributed by atoms with Crippen molar-refractivity contribution in [3.05, 3.63) is 63.1 Å². The zero-order chi connectivity index (χ0) is 14.7. The van der Waals surface area contributed by atoms with Crippen molar-refractivity contribution >= 4 is 29.0 Å². The standard InChI is InChI=1S/C15H14Cl2N2O/c1-9-6-12(16)4-5-14(9)20-8-11-3-2-10(15(18)19)7-13(11)17/h2-7H,8H2,1H3,(H3,18,19). The Balaban J connectivity index is 2.13. The molecule has 0 fully saturated rings. The van der Waals surface area contributed by atoms with Crippen molar-refractivity contribution in [2.24, 2.45) is 5.73 Å². The minimum absolute atomic E-state index is 0.00656. The molecule has 2 aromatic carbocycles. The summed E-state index contributed by atoms with van der Waals surface area (Å²) in [6.45, 7) is 2.28. The molecule has 0 radical (unpaired) electrons. The van der Waals surface area contributed by atoms with E-state index >= 15 is 0 Å². The summed E-state index contributed by atoms with van der Waals surface area (Å²) in [4.78, 5) is 0. The van der Waals surface area contributed by atoms with E-state index in [1.54, 1.807) is 18.2 Å². The first kappa shape index (κ1) is 14.7. The Morgan fingerprint density at radius 3 is 2.55 bits per heavy atom. The average Bonchev–Trinajstić information content (AvgIpc) is 2.38. The lowest BCUT2D eigenvalue weighted by atomic mass is 10.1. The summed E-state index contributed by atoms with van der Waals surface area (Å²) in [5.41, 5.74) is 7.82. The van der Waals surface area contributed by atoms with Crippen molar-refractivity contribution < 1.29 is 4.74 Å². The first-order valence-electron chi connectivity index (χ1n) is 5.99. The lowest BCUT2D eigenvalue weighted by molar-refractivity contribution is 0.304. The number of nitrogens with one attached hydrogen (secondary N) is 1. The maximum atomic E-state index is 7.36. The molecule has 0 bridgehead atoms. The number of amidine groups is 1. The number of ether oxygens (including phenoxy) is 1. The molecule has 0 amide bonds. The summed E-state index contributed by atoms with van der Waals surface area (Å²) in [6.07, 6.45) is 0. The lowest BCUT2D eigenvalue weighted by Gasteiger charge is -2.11. The van der Waals surface area contributed by atoms with Gasteiger partial charge in [0.05, 0.1) is 0 Å². The topological polar surface area (TPSA) is 59.1 Å². The SMILES string of the molecule is Cc1cc(Cl)ccc1OCc1ccc(C(=N)N)cc1Cl. The van der Waals surface area contributed by atoms with E-state index in [4.69, 9.17) is 39.1 Å². The van der Waals surface area contributed by atoms with Crippen molar-refractivity contribution in [2.45, 2.75) is 13.5 Å². The first-order chi connectivity index (χ1) is 9.47. The number of nitrogens with two attached hydrogens (primary N) is 1. The molecule has 0 spiro atoms. The Morgan fingerprint density at radius 2 is 1.95 bits per heavy atom. The number of hydrogen-bond donors (Lipinski definition) is 2. The number of benzene rings is 2. The van der Waals surface area contributed by atoms with Crippen molar-refractivity contribution in [2.75, 3.05) is 0 Å². The molecule has 0 atom stereocenters. The van der Waals surface area contributed by atoms with Crippen molar-refractivity contribution in [1.29, 1.82) is 5.41 Å². The molecule has 0 aliphatic heterocycles. The second-order valence-electron chi connectivity index (χ2n) is 4.42. The van der Waals surface area contributed by atoms with Crippen molar-refractivity contribution in [3.63, 3.8) is 0 Å². The summed E-state index contributed by atoms with van der Waals surface area (Å²) in [6, 6.07) is 10.7. The van der Waals surface area contributed by atoms with Gasteiger partial charge in [0.25, 0.3) is 0 Å². The quantitative estimate of drug-likeness (QED) is 0.658. The van der Waals surface area contributed by atoms with E-state index in [0.29, 0.717) is 22.2 Å². The van der Waals surface area contributed by atoms with Crippen LogP contribution in [0, 0.1) is 12.3 Å². The molecule has 5 heteroatoms. The van der Waals surface area contributed by atoms with Crippen LogP contribution in [0.4, 0.5) is 0 Å². The molecule has 0 aliphatic rings. The fraction of sp³-hybridized carbons (Fsp3) is 0.133. The third-order valence-electron chi connectivity index (χ3n) is 2.88. The Bertz CT molecular complexity index is 656. The van der Waals surface area contributed by atoms with Gasteiger partial charge in [0, 0.05) is 21.2 Å².